The minimum absolute atomic E-state index is 0.410. The number of hydrogen-bond acceptors (Lipinski definition) is 5. The van der Waals surface area contributed by atoms with Gasteiger partial charge in [-0.3, -0.25) is 10.00 Å². The van der Waals surface area contributed by atoms with Crippen molar-refractivity contribution in [3.63, 3.8) is 0 Å². The van der Waals surface area contributed by atoms with Crippen molar-refractivity contribution in [2.24, 2.45) is 0 Å². The topological polar surface area (TPSA) is 69.7 Å². The van der Waals surface area contributed by atoms with Crippen LogP contribution in [0.3, 0.4) is 0 Å². The third kappa shape index (κ3) is 3.58. The summed E-state index contributed by atoms with van der Waals surface area (Å²) in [7, 11) is 0. The molecule has 2 aromatic rings. The van der Waals surface area contributed by atoms with E-state index in [4.69, 9.17) is 0 Å². The fraction of sp³-hybridized carbons (Fsp3) is 0.533. The molecule has 0 aromatic carbocycles. The van der Waals surface area contributed by atoms with Gasteiger partial charge in [-0.05, 0) is 39.3 Å². The van der Waals surface area contributed by atoms with Crippen LogP contribution in [0.1, 0.15) is 29.8 Å². The van der Waals surface area contributed by atoms with E-state index < -0.39 is 0 Å². The molecule has 0 radical (unpaired) electrons. The fourth-order valence-corrected chi connectivity index (χ4v) is 2.79. The number of anilines is 1. The van der Waals surface area contributed by atoms with Gasteiger partial charge in [0.25, 0.3) is 0 Å². The van der Waals surface area contributed by atoms with Crippen LogP contribution < -0.4 is 5.32 Å². The zero-order valence-corrected chi connectivity index (χ0v) is 12.6. The molecule has 1 aliphatic rings. The number of piperidine rings is 1. The van der Waals surface area contributed by atoms with Gasteiger partial charge >= 0.3 is 0 Å². The van der Waals surface area contributed by atoms with Gasteiger partial charge in [0.2, 0.25) is 5.95 Å². The van der Waals surface area contributed by atoms with Crippen molar-refractivity contribution < 1.29 is 0 Å². The maximum absolute atomic E-state index is 4.43. The van der Waals surface area contributed by atoms with Gasteiger partial charge in [0.05, 0.1) is 6.20 Å². The maximum atomic E-state index is 4.43. The lowest BCUT2D eigenvalue weighted by Gasteiger charge is -2.33. The van der Waals surface area contributed by atoms with E-state index in [9.17, 15) is 0 Å². The average molecular weight is 286 g/mol. The Morgan fingerprint density at radius 1 is 1.43 bits per heavy atom. The van der Waals surface area contributed by atoms with E-state index in [2.05, 4.69) is 37.3 Å². The predicted octanol–water partition coefficient (Wildman–Crippen LogP) is 1.89. The number of likely N-dealkylation sites (tertiary alicyclic amines) is 1. The van der Waals surface area contributed by atoms with Gasteiger partial charge in [-0.15, -0.1) is 0 Å². The standard InChI is InChI=1S/C15H22N6/c1-11-5-6-16-15(18-11)19-14-4-3-7-21(10-14)9-13-8-17-20-12(13)2/h5-6,8,14H,3-4,7,9-10H2,1-2H3,(H,17,20)(H,16,18,19). The van der Waals surface area contributed by atoms with Gasteiger partial charge in [0.1, 0.15) is 0 Å². The van der Waals surface area contributed by atoms with Crippen LogP contribution in [0.5, 0.6) is 0 Å². The molecular formula is C15H22N6. The Bertz CT molecular complexity index is 593. The SMILES string of the molecule is Cc1ccnc(NC2CCCN(Cc3cn[nH]c3C)C2)n1. The molecule has 0 amide bonds. The first kappa shape index (κ1) is 14.0. The summed E-state index contributed by atoms with van der Waals surface area (Å²) in [6, 6.07) is 2.33. The monoisotopic (exact) mass is 286 g/mol. The zero-order chi connectivity index (χ0) is 14.7. The normalized spacial score (nSPS) is 19.6. The summed E-state index contributed by atoms with van der Waals surface area (Å²) in [6.45, 7) is 7.17. The van der Waals surface area contributed by atoms with Crippen molar-refractivity contribution in [2.75, 3.05) is 18.4 Å². The van der Waals surface area contributed by atoms with Crippen LogP contribution >= 0.6 is 0 Å². The van der Waals surface area contributed by atoms with E-state index >= 15 is 0 Å². The molecule has 3 heterocycles. The summed E-state index contributed by atoms with van der Waals surface area (Å²) in [4.78, 5) is 11.2. The van der Waals surface area contributed by atoms with Crippen LogP contribution in [0.25, 0.3) is 0 Å². The van der Waals surface area contributed by atoms with Crippen molar-refractivity contribution in [1.82, 2.24) is 25.1 Å². The van der Waals surface area contributed by atoms with Crippen LogP contribution in [-0.2, 0) is 6.54 Å². The molecule has 1 saturated heterocycles. The highest BCUT2D eigenvalue weighted by molar-refractivity contribution is 5.27. The number of rotatable bonds is 4. The second-order valence-electron chi connectivity index (χ2n) is 5.76. The second-order valence-corrected chi connectivity index (χ2v) is 5.76. The molecule has 0 bridgehead atoms. The summed E-state index contributed by atoms with van der Waals surface area (Å²) in [5, 5.41) is 10.6. The Hall–Kier alpha value is -1.95. The van der Waals surface area contributed by atoms with Gasteiger partial charge in [0.15, 0.2) is 0 Å². The van der Waals surface area contributed by atoms with E-state index in [0.717, 1.165) is 43.4 Å². The zero-order valence-electron chi connectivity index (χ0n) is 12.6. The van der Waals surface area contributed by atoms with Crippen LogP contribution in [0.2, 0.25) is 0 Å². The molecule has 0 saturated carbocycles. The highest BCUT2D eigenvalue weighted by Crippen LogP contribution is 2.17. The molecule has 1 aliphatic heterocycles. The van der Waals surface area contributed by atoms with E-state index in [-0.39, 0.29) is 0 Å². The second kappa shape index (κ2) is 6.22. The molecule has 2 aromatic heterocycles. The molecular weight excluding hydrogens is 264 g/mol. The summed E-state index contributed by atoms with van der Waals surface area (Å²) < 4.78 is 0. The Kier molecular flexibility index (Phi) is 4.15. The number of hydrogen-bond donors (Lipinski definition) is 2. The van der Waals surface area contributed by atoms with Crippen molar-refractivity contribution in [3.8, 4) is 0 Å². The molecule has 21 heavy (non-hydrogen) atoms. The average Bonchev–Trinajstić information content (AvgIpc) is 2.85. The first-order valence-corrected chi connectivity index (χ1v) is 7.48. The summed E-state index contributed by atoms with van der Waals surface area (Å²) in [5.74, 6) is 0.737. The summed E-state index contributed by atoms with van der Waals surface area (Å²) >= 11 is 0. The number of nitrogens with zero attached hydrogens (tertiary/aromatic N) is 4. The number of aryl methyl sites for hydroxylation is 2. The molecule has 3 rings (SSSR count). The smallest absolute Gasteiger partial charge is 0.223 e. The Labute approximate surface area is 125 Å². The van der Waals surface area contributed by atoms with Gasteiger partial charge in [-0.2, -0.15) is 5.10 Å². The molecule has 1 unspecified atom stereocenters. The summed E-state index contributed by atoms with van der Waals surface area (Å²) in [6.07, 6.45) is 6.09. The van der Waals surface area contributed by atoms with E-state index in [1.54, 1.807) is 6.20 Å². The quantitative estimate of drug-likeness (QED) is 0.898. The minimum Gasteiger partial charge on any atom is -0.350 e. The van der Waals surface area contributed by atoms with Crippen LogP contribution in [0, 0.1) is 13.8 Å². The van der Waals surface area contributed by atoms with Crippen LogP contribution in [0.4, 0.5) is 5.95 Å². The number of H-pyrrole nitrogens is 1. The first-order valence-electron chi connectivity index (χ1n) is 7.48. The number of nitrogens with one attached hydrogen (secondary N) is 2. The molecule has 6 heteroatoms. The van der Waals surface area contributed by atoms with Gasteiger partial charge in [0, 0.05) is 42.3 Å². The van der Waals surface area contributed by atoms with Gasteiger partial charge in [-0.25, -0.2) is 9.97 Å². The van der Waals surface area contributed by atoms with E-state index in [0.29, 0.717) is 6.04 Å². The first-order chi connectivity index (χ1) is 10.2. The number of aromatic nitrogens is 4. The van der Waals surface area contributed by atoms with Crippen molar-refractivity contribution >= 4 is 5.95 Å². The molecule has 2 N–H and O–H groups in total. The molecule has 6 nitrogen and oxygen atoms in total. The fourth-order valence-electron chi connectivity index (χ4n) is 2.79. The van der Waals surface area contributed by atoms with Crippen molar-refractivity contribution in [1.29, 1.82) is 0 Å². The van der Waals surface area contributed by atoms with E-state index in [1.165, 1.54) is 12.0 Å². The minimum atomic E-state index is 0.410. The summed E-state index contributed by atoms with van der Waals surface area (Å²) in [5.41, 5.74) is 3.43. The molecule has 0 spiro atoms. The maximum Gasteiger partial charge on any atom is 0.223 e. The molecule has 0 aliphatic carbocycles. The highest BCUT2D eigenvalue weighted by Gasteiger charge is 2.21. The third-order valence-electron chi connectivity index (χ3n) is 3.96. The Morgan fingerprint density at radius 3 is 3.10 bits per heavy atom. The van der Waals surface area contributed by atoms with Crippen molar-refractivity contribution in [2.45, 2.75) is 39.3 Å². The molecule has 1 atom stereocenters. The highest BCUT2D eigenvalue weighted by atomic mass is 15.2. The largest absolute Gasteiger partial charge is 0.350 e. The predicted molar refractivity (Wildman–Crippen MR) is 82.0 cm³/mol. The van der Waals surface area contributed by atoms with Gasteiger partial charge < -0.3 is 5.32 Å². The molecule has 112 valence electrons. The Balaban J connectivity index is 1.59. The Morgan fingerprint density at radius 2 is 2.33 bits per heavy atom. The lowest BCUT2D eigenvalue weighted by Crippen LogP contribution is -2.42. The molecule has 1 fully saturated rings. The lowest BCUT2D eigenvalue weighted by molar-refractivity contribution is 0.208. The van der Waals surface area contributed by atoms with Crippen molar-refractivity contribution in [3.05, 3.63) is 35.4 Å². The third-order valence-corrected chi connectivity index (χ3v) is 3.96. The van der Waals surface area contributed by atoms with Crippen LogP contribution in [0.15, 0.2) is 18.5 Å². The number of aromatic amines is 1. The van der Waals surface area contributed by atoms with Crippen LogP contribution in [-0.4, -0.2) is 44.2 Å². The van der Waals surface area contributed by atoms with E-state index in [1.807, 2.05) is 19.2 Å². The lowest BCUT2D eigenvalue weighted by atomic mass is 10.1. The van der Waals surface area contributed by atoms with Gasteiger partial charge in [-0.1, -0.05) is 0 Å².